The number of H-pyrrole nitrogens is 1. The molecule has 0 fully saturated rings. The highest BCUT2D eigenvalue weighted by Crippen LogP contribution is 2.16. The van der Waals surface area contributed by atoms with Crippen molar-refractivity contribution in [3.63, 3.8) is 0 Å². The topological polar surface area (TPSA) is 87.2 Å². The van der Waals surface area contributed by atoms with Crippen molar-refractivity contribution in [3.8, 4) is 5.75 Å². The number of hydrogen-bond acceptors (Lipinski definition) is 4. The molecule has 1 heterocycles. The first kappa shape index (κ1) is 15.1. The molecule has 0 radical (unpaired) electrons. The number of carbonyl (C=O) groups is 1. The molecule has 3 N–H and O–H groups in total. The van der Waals surface area contributed by atoms with Crippen LogP contribution in [0.1, 0.15) is 17.0 Å². The van der Waals surface area contributed by atoms with Gasteiger partial charge in [0.1, 0.15) is 5.75 Å². The summed E-state index contributed by atoms with van der Waals surface area (Å²) in [6, 6.07) is 7.31. The number of hydrogen-bond donors (Lipinski definition) is 3. The Hall–Kier alpha value is -2.34. The molecular weight excluding hydrogens is 270 g/mol. The fourth-order valence-electron chi connectivity index (χ4n) is 1.94. The molecule has 1 aromatic carbocycles. The second kappa shape index (κ2) is 6.90. The van der Waals surface area contributed by atoms with Gasteiger partial charge in [-0.25, -0.2) is 0 Å². The van der Waals surface area contributed by atoms with Crippen molar-refractivity contribution in [1.82, 2.24) is 10.2 Å². The van der Waals surface area contributed by atoms with Crippen molar-refractivity contribution >= 4 is 11.6 Å². The van der Waals surface area contributed by atoms with Gasteiger partial charge in [-0.15, -0.1) is 0 Å². The van der Waals surface area contributed by atoms with Crippen LogP contribution >= 0.6 is 0 Å². The average molecular weight is 289 g/mol. The number of nitrogens with zero attached hydrogens (tertiary/aromatic N) is 1. The number of anilines is 1. The van der Waals surface area contributed by atoms with Crippen LogP contribution in [0.25, 0.3) is 0 Å². The summed E-state index contributed by atoms with van der Waals surface area (Å²) in [5, 5.41) is 18.4. The van der Waals surface area contributed by atoms with Crippen LogP contribution in [0.4, 0.5) is 5.69 Å². The van der Waals surface area contributed by atoms with Crippen LogP contribution in [0.3, 0.4) is 0 Å². The average Bonchev–Trinajstić information content (AvgIpc) is 2.79. The number of aromatic nitrogens is 2. The molecule has 6 nitrogen and oxygen atoms in total. The van der Waals surface area contributed by atoms with Crippen molar-refractivity contribution < 1.29 is 14.6 Å². The predicted octanol–water partition coefficient (Wildman–Crippen LogP) is 1.58. The number of ether oxygens (including phenoxy) is 1. The van der Waals surface area contributed by atoms with Gasteiger partial charge in [0.2, 0.25) is 0 Å². The minimum Gasteiger partial charge on any atom is -0.484 e. The van der Waals surface area contributed by atoms with Crippen molar-refractivity contribution in [2.24, 2.45) is 0 Å². The van der Waals surface area contributed by atoms with E-state index in [0.29, 0.717) is 17.9 Å². The van der Waals surface area contributed by atoms with E-state index in [0.717, 1.165) is 17.0 Å². The molecule has 2 rings (SSSR count). The largest absolute Gasteiger partial charge is 0.484 e. The van der Waals surface area contributed by atoms with Gasteiger partial charge in [-0.05, 0) is 38.0 Å². The second-order valence-electron chi connectivity index (χ2n) is 4.76. The quantitative estimate of drug-likeness (QED) is 0.753. The Morgan fingerprint density at radius 2 is 2.05 bits per heavy atom. The van der Waals surface area contributed by atoms with E-state index in [1.54, 1.807) is 12.1 Å². The highest BCUT2D eigenvalue weighted by atomic mass is 16.5. The summed E-state index contributed by atoms with van der Waals surface area (Å²) in [6.07, 6.45) is 0.611. The third-order valence-electron chi connectivity index (χ3n) is 3.09. The van der Waals surface area contributed by atoms with Gasteiger partial charge >= 0.3 is 0 Å². The SMILES string of the molecule is Cc1n[nH]c(C)c1NC(=O)COc1ccc(CCO)cc1. The van der Waals surface area contributed by atoms with E-state index in [9.17, 15) is 4.79 Å². The molecule has 6 heteroatoms. The lowest BCUT2D eigenvalue weighted by Crippen LogP contribution is -2.20. The lowest BCUT2D eigenvalue weighted by molar-refractivity contribution is -0.118. The predicted molar refractivity (Wildman–Crippen MR) is 79.4 cm³/mol. The number of benzene rings is 1. The summed E-state index contributed by atoms with van der Waals surface area (Å²) < 4.78 is 5.42. The maximum absolute atomic E-state index is 11.8. The van der Waals surface area contributed by atoms with E-state index in [2.05, 4.69) is 15.5 Å². The molecule has 1 amide bonds. The van der Waals surface area contributed by atoms with Crippen LogP contribution in [-0.2, 0) is 11.2 Å². The molecule has 0 unspecified atom stereocenters. The first-order chi connectivity index (χ1) is 10.1. The molecule has 0 atom stereocenters. The number of aliphatic hydroxyl groups excluding tert-OH is 1. The molecule has 0 aliphatic carbocycles. The van der Waals surface area contributed by atoms with Crippen molar-refractivity contribution in [2.45, 2.75) is 20.3 Å². The normalized spacial score (nSPS) is 10.4. The fraction of sp³-hybridized carbons (Fsp3) is 0.333. The van der Waals surface area contributed by atoms with Crippen LogP contribution in [0.2, 0.25) is 0 Å². The fourth-order valence-corrected chi connectivity index (χ4v) is 1.94. The van der Waals surface area contributed by atoms with Gasteiger partial charge in [-0.3, -0.25) is 9.89 Å². The van der Waals surface area contributed by atoms with Crippen LogP contribution < -0.4 is 10.1 Å². The van der Waals surface area contributed by atoms with Gasteiger partial charge < -0.3 is 15.2 Å². The lowest BCUT2D eigenvalue weighted by atomic mass is 10.1. The number of carbonyl (C=O) groups excluding carboxylic acids is 1. The van der Waals surface area contributed by atoms with Gasteiger partial charge in [-0.2, -0.15) is 5.10 Å². The molecular formula is C15H19N3O3. The maximum Gasteiger partial charge on any atom is 0.262 e. The number of aryl methyl sites for hydroxylation is 2. The molecule has 21 heavy (non-hydrogen) atoms. The Balaban J connectivity index is 1.86. The van der Waals surface area contributed by atoms with E-state index in [-0.39, 0.29) is 19.1 Å². The Labute approximate surface area is 123 Å². The molecule has 0 bridgehead atoms. The van der Waals surface area contributed by atoms with Crippen molar-refractivity contribution in [2.75, 3.05) is 18.5 Å². The summed E-state index contributed by atoms with van der Waals surface area (Å²) in [5.74, 6) is 0.384. The first-order valence-electron chi connectivity index (χ1n) is 6.74. The van der Waals surface area contributed by atoms with E-state index >= 15 is 0 Å². The summed E-state index contributed by atoms with van der Waals surface area (Å²) >= 11 is 0. The van der Waals surface area contributed by atoms with Crippen LogP contribution in [0.5, 0.6) is 5.75 Å². The summed E-state index contributed by atoms with van der Waals surface area (Å²) in [5.41, 5.74) is 3.28. The highest BCUT2D eigenvalue weighted by molar-refractivity contribution is 5.92. The zero-order valence-corrected chi connectivity index (χ0v) is 12.1. The summed E-state index contributed by atoms with van der Waals surface area (Å²) in [6.45, 7) is 3.71. The van der Waals surface area contributed by atoms with Gasteiger partial charge in [0, 0.05) is 6.61 Å². The van der Waals surface area contributed by atoms with E-state index in [4.69, 9.17) is 9.84 Å². The van der Waals surface area contributed by atoms with E-state index in [1.807, 2.05) is 26.0 Å². The third kappa shape index (κ3) is 4.06. The molecule has 0 saturated heterocycles. The number of rotatable bonds is 6. The summed E-state index contributed by atoms with van der Waals surface area (Å²) in [7, 11) is 0. The minimum atomic E-state index is -0.234. The van der Waals surface area contributed by atoms with E-state index in [1.165, 1.54) is 0 Å². The standard InChI is InChI=1S/C15H19N3O3/c1-10-15(11(2)18-17-10)16-14(20)9-21-13-5-3-12(4-6-13)7-8-19/h3-6,19H,7-9H2,1-2H3,(H,16,20)(H,17,18). The molecule has 0 aliphatic heterocycles. The van der Waals surface area contributed by atoms with Gasteiger partial charge in [0.25, 0.3) is 5.91 Å². The zero-order chi connectivity index (χ0) is 15.2. The summed E-state index contributed by atoms with van der Waals surface area (Å²) in [4.78, 5) is 11.8. The Morgan fingerprint density at radius 3 is 2.62 bits per heavy atom. The Morgan fingerprint density at radius 1 is 1.33 bits per heavy atom. The molecule has 0 spiro atoms. The van der Waals surface area contributed by atoms with E-state index < -0.39 is 0 Å². The third-order valence-corrected chi connectivity index (χ3v) is 3.09. The molecule has 1 aromatic heterocycles. The van der Waals surface area contributed by atoms with Crippen LogP contribution in [0, 0.1) is 13.8 Å². The molecule has 0 saturated carbocycles. The molecule has 2 aromatic rings. The Kier molecular flexibility index (Phi) is 4.94. The smallest absolute Gasteiger partial charge is 0.262 e. The first-order valence-corrected chi connectivity index (χ1v) is 6.74. The number of aromatic amines is 1. The molecule has 112 valence electrons. The number of aliphatic hydroxyl groups is 1. The zero-order valence-electron chi connectivity index (χ0n) is 12.1. The number of nitrogens with one attached hydrogen (secondary N) is 2. The van der Waals surface area contributed by atoms with Crippen LogP contribution in [-0.4, -0.2) is 34.4 Å². The minimum absolute atomic E-state index is 0.0661. The van der Waals surface area contributed by atoms with Gasteiger partial charge in [-0.1, -0.05) is 12.1 Å². The van der Waals surface area contributed by atoms with Crippen molar-refractivity contribution in [1.29, 1.82) is 0 Å². The molecule has 0 aliphatic rings. The lowest BCUT2D eigenvalue weighted by Gasteiger charge is -2.08. The van der Waals surface area contributed by atoms with Crippen molar-refractivity contribution in [3.05, 3.63) is 41.2 Å². The van der Waals surface area contributed by atoms with Gasteiger partial charge in [0.15, 0.2) is 6.61 Å². The highest BCUT2D eigenvalue weighted by Gasteiger charge is 2.10. The monoisotopic (exact) mass is 289 g/mol. The Bertz CT molecular complexity index is 586. The van der Waals surface area contributed by atoms with Gasteiger partial charge in [0.05, 0.1) is 17.1 Å². The maximum atomic E-state index is 11.8. The number of amides is 1. The van der Waals surface area contributed by atoms with Crippen LogP contribution in [0.15, 0.2) is 24.3 Å². The second-order valence-corrected chi connectivity index (χ2v) is 4.76.